The van der Waals surface area contributed by atoms with Crippen LogP contribution in [0.4, 0.5) is 4.79 Å². The van der Waals surface area contributed by atoms with Crippen molar-refractivity contribution in [1.82, 2.24) is 15.0 Å². The van der Waals surface area contributed by atoms with Crippen LogP contribution in [-0.2, 0) is 21.2 Å². The highest BCUT2D eigenvalue weighted by molar-refractivity contribution is 7.90. The van der Waals surface area contributed by atoms with Crippen LogP contribution in [0.3, 0.4) is 0 Å². The summed E-state index contributed by atoms with van der Waals surface area (Å²) in [7, 11) is -4.03. The molecular formula is C28H41N5O6S2. The van der Waals surface area contributed by atoms with E-state index >= 15 is 0 Å². The maximum absolute atomic E-state index is 13.4. The molecule has 0 aliphatic carbocycles. The number of ketones is 1. The zero-order valence-electron chi connectivity index (χ0n) is 25.0. The van der Waals surface area contributed by atoms with Crippen molar-refractivity contribution in [1.29, 1.82) is 0 Å². The maximum Gasteiger partial charge on any atom is 0.408 e. The van der Waals surface area contributed by atoms with E-state index in [1.807, 2.05) is 20.8 Å². The predicted octanol–water partition coefficient (Wildman–Crippen LogP) is 4.32. The van der Waals surface area contributed by atoms with Crippen molar-refractivity contribution in [3.63, 3.8) is 0 Å². The molecule has 13 heteroatoms. The number of sulfonamides is 1. The van der Waals surface area contributed by atoms with Gasteiger partial charge in [-0.3, -0.25) is 9.79 Å². The number of aliphatic imine (C=N–C) groups is 1. The molecule has 2 aromatic rings. The summed E-state index contributed by atoms with van der Waals surface area (Å²) in [5.74, 6) is 0.141. The molecule has 1 aliphatic rings. The lowest BCUT2D eigenvalue weighted by molar-refractivity contribution is 0.0488. The molecule has 0 spiro atoms. The molecule has 0 bridgehead atoms. The van der Waals surface area contributed by atoms with E-state index in [-0.39, 0.29) is 40.2 Å². The van der Waals surface area contributed by atoms with E-state index < -0.39 is 27.8 Å². The van der Waals surface area contributed by atoms with Crippen molar-refractivity contribution in [2.24, 2.45) is 10.7 Å². The molecule has 41 heavy (non-hydrogen) atoms. The first kappa shape index (κ1) is 32.3. The molecule has 0 saturated carbocycles. The van der Waals surface area contributed by atoms with Crippen molar-refractivity contribution in [3.8, 4) is 5.75 Å². The molecule has 1 aliphatic heterocycles. The van der Waals surface area contributed by atoms with Crippen molar-refractivity contribution in [2.45, 2.75) is 103 Å². The van der Waals surface area contributed by atoms with Crippen LogP contribution >= 0.6 is 11.3 Å². The van der Waals surface area contributed by atoms with Crippen molar-refractivity contribution >= 4 is 39.2 Å². The van der Waals surface area contributed by atoms with Gasteiger partial charge in [0, 0.05) is 18.1 Å². The summed E-state index contributed by atoms with van der Waals surface area (Å²) in [6, 6.07) is -0.889. The third-order valence-electron chi connectivity index (χ3n) is 6.76. The number of guanidine groups is 1. The van der Waals surface area contributed by atoms with Gasteiger partial charge in [0.05, 0.1) is 10.9 Å². The Hall–Kier alpha value is -3.19. The van der Waals surface area contributed by atoms with Gasteiger partial charge in [-0.2, -0.15) is 0 Å². The van der Waals surface area contributed by atoms with Crippen LogP contribution in [0, 0.1) is 20.8 Å². The van der Waals surface area contributed by atoms with Gasteiger partial charge in [0.25, 0.3) is 10.0 Å². The van der Waals surface area contributed by atoms with E-state index in [1.165, 1.54) is 17.5 Å². The second kappa shape index (κ2) is 12.4. The van der Waals surface area contributed by atoms with Gasteiger partial charge >= 0.3 is 6.09 Å². The summed E-state index contributed by atoms with van der Waals surface area (Å²) in [5.41, 5.74) is 7.83. The average Bonchev–Trinajstić information content (AvgIpc) is 3.37. The lowest BCUT2D eigenvalue weighted by Crippen LogP contribution is -2.43. The van der Waals surface area contributed by atoms with Crippen LogP contribution < -0.4 is 20.5 Å². The van der Waals surface area contributed by atoms with Crippen LogP contribution in [0.15, 0.2) is 21.5 Å². The van der Waals surface area contributed by atoms with E-state index in [0.717, 1.165) is 23.3 Å². The van der Waals surface area contributed by atoms with Gasteiger partial charge in [0.1, 0.15) is 17.0 Å². The standard InChI is InChI=1S/C28H41N5O6S2/c1-16-17(2)23(18(3)19-11-12-28(7,8)38-22(16)19)41(36,37)33-25(29)31-13-9-10-20(21(34)24-30-14-15-40-24)32-26(35)39-27(4,5)6/h14-15,20H,9-13H2,1-8H3,(H,32,35)(H3,29,31,33)/t20-/m1/s1. The lowest BCUT2D eigenvalue weighted by atomic mass is 9.88. The minimum Gasteiger partial charge on any atom is -0.487 e. The van der Waals surface area contributed by atoms with Gasteiger partial charge < -0.3 is 20.5 Å². The number of aromatic nitrogens is 1. The highest BCUT2D eigenvalue weighted by atomic mass is 32.2. The van der Waals surface area contributed by atoms with E-state index in [9.17, 15) is 18.0 Å². The summed E-state index contributed by atoms with van der Waals surface area (Å²) < 4.78 is 40.7. The molecule has 0 fully saturated rings. The van der Waals surface area contributed by atoms with Crippen LogP contribution in [0.1, 0.15) is 85.9 Å². The Morgan fingerprint density at radius 3 is 2.51 bits per heavy atom. The largest absolute Gasteiger partial charge is 0.487 e. The molecule has 4 N–H and O–H groups in total. The van der Waals surface area contributed by atoms with Crippen molar-refractivity contribution in [2.75, 3.05) is 6.54 Å². The summed E-state index contributed by atoms with van der Waals surface area (Å²) >= 11 is 1.17. The second-order valence-corrected chi connectivity index (χ2v) is 14.3. The maximum atomic E-state index is 13.4. The molecule has 3 rings (SSSR count). The summed E-state index contributed by atoms with van der Waals surface area (Å²) in [5, 5.41) is 4.55. The molecule has 1 amide bonds. The predicted molar refractivity (Wildman–Crippen MR) is 159 cm³/mol. The van der Waals surface area contributed by atoms with Crippen LogP contribution in [0.5, 0.6) is 5.75 Å². The number of amides is 1. The number of rotatable bonds is 9. The van der Waals surface area contributed by atoms with Crippen molar-refractivity contribution < 1.29 is 27.5 Å². The average molecular weight is 608 g/mol. The number of nitrogens with two attached hydrogens (primary N) is 1. The van der Waals surface area contributed by atoms with Gasteiger partial charge in [-0.25, -0.2) is 22.9 Å². The molecule has 226 valence electrons. The Kier molecular flexibility index (Phi) is 9.74. The monoisotopic (exact) mass is 607 g/mol. The lowest BCUT2D eigenvalue weighted by Gasteiger charge is -2.35. The summed E-state index contributed by atoms with van der Waals surface area (Å²) in [6.07, 6.45) is 2.83. The number of fused-ring (bicyclic) bond motifs is 1. The highest BCUT2D eigenvalue weighted by Gasteiger charge is 2.34. The van der Waals surface area contributed by atoms with Gasteiger partial charge in [-0.05, 0) is 103 Å². The number of benzene rings is 1. The fourth-order valence-electron chi connectivity index (χ4n) is 4.68. The van der Waals surface area contributed by atoms with Crippen LogP contribution in [0.2, 0.25) is 0 Å². The quantitative estimate of drug-likeness (QED) is 0.164. The first-order chi connectivity index (χ1) is 18.9. The molecule has 2 heterocycles. The Labute approximate surface area is 246 Å². The smallest absolute Gasteiger partial charge is 0.408 e. The van der Waals surface area contributed by atoms with E-state index in [1.54, 1.807) is 40.0 Å². The summed E-state index contributed by atoms with van der Waals surface area (Å²) in [6.45, 7) is 14.8. The van der Waals surface area contributed by atoms with E-state index in [4.69, 9.17) is 15.2 Å². The molecule has 1 aromatic heterocycles. The summed E-state index contributed by atoms with van der Waals surface area (Å²) in [4.78, 5) is 33.6. The number of carbonyl (C=O) groups is 2. The van der Waals surface area contributed by atoms with E-state index in [0.29, 0.717) is 24.0 Å². The topological polar surface area (TPSA) is 162 Å². The molecule has 0 unspecified atom stereocenters. The third kappa shape index (κ3) is 8.19. The fraction of sp³-hybridized carbons (Fsp3) is 0.571. The normalized spacial score (nSPS) is 15.9. The van der Waals surface area contributed by atoms with Gasteiger partial charge in [-0.1, -0.05) is 0 Å². The molecule has 11 nitrogen and oxygen atoms in total. The number of ether oxygens (including phenoxy) is 2. The van der Waals surface area contributed by atoms with Gasteiger partial charge in [0.15, 0.2) is 5.01 Å². The number of thiazole rings is 1. The number of nitrogens with one attached hydrogen (secondary N) is 2. The zero-order valence-corrected chi connectivity index (χ0v) is 26.6. The number of hydrogen-bond donors (Lipinski definition) is 3. The number of hydrogen-bond acceptors (Lipinski definition) is 9. The second-order valence-electron chi connectivity index (χ2n) is 11.8. The fourth-order valence-corrected chi connectivity index (χ4v) is 6.84. The number of alkyl carbamates (subject to hydrolysis) is 1. The zero-order chi connectivity index (χ0) is 30.8. The van der Waals surface area contributed by atoms with Gasteiger partial charge in [-0.15, -0.1) is 11.3 Å². The molecule has 0 radical (unpaired) electrons. The minimum atomic E-state index is -4.03. The van der Waals surface area contributed by atoms with Gasteiger partial charge in [0.2, 0.25) is 11.7 Å². The molecule has 0 saturated heterocycles. The Bertz CT molecular complexity index is 1430. The molecular weight excluding hydrogens is 566 g/mol. The third-order valence-corrected chi connectivity index (χ3v) is 9.17. The minimum absolute atomic E-state index is 0.121. The Morgan fingerprint density at radius 2 is 1.90 bits per heavy atom. The Balaban J connectivity index is 1.70. The number of carbonyl (C=O) groups excluding carboxylic acids is 2. The van der Waals surface area contributed by atoms with Crippen LogP contribution in [-0.4, -0.2) is 55.0 Å². The van der Waals surface area contributed by atoms with Crippen LogP contribution in [0.25, 0.3) is 0 Å². The molecule has 1 aromatic carbocycles. The Morgan fingerprint density at radius 1 is 1.22 bits per heavy atom. The number of nitrogens with zero attached hydrogens (tertiary/aromatic N) is 2. The SMILES string of the molecule is Cc1c(C)c(S(=O)(=O)NC(N)=NCCC[C@@H](NC(=O)OC(C)(C)C)C(=O)c2nccs2)c(C)c2c1OC(C)(C)CC2. The first-order valence-electron chi connectivity index (χ1n) is 13.5. The number of Topliss-reactive ketones (excluding diaryl/α,β-unsaturated/α-hetero) is 1. The van der Waals surface area contributed by atoms with Crippen molar-refractivity contribution in [3.05, 3.63) is 38.8 Å². The first-order valence-corrected chi connectivity index (χ1v) is 15.9. The molecule has 1 atom stereocenters. The highest BCUT2D eigenvalue weighted by Crippen LogP contribution is 2.42. The van der Waals surface area contributed by atoms with E-state index in [2.05, 4.69) is 20.0 Å².